The lowest BCUT2D eigenvalue weighted by Gasteiger charge is -2.24. The third kappa shape index (κ3) is 2.28. The summed E-state index contributed by atoms with van der Waals surface area (Å²) in [5.41, 5.74) is 7.12. The summed E-state index contributed by atoms with van der Waals surface area (Å²) in [6, 6.07) is 2.51. The van der Waals surface area contributed by atoms with Crippen molar-refractivity contribution in [2.24, 2.45) is 11.1 Å². The van der Waals surface area contributed by atoms with Crippen molar-refractivity contribution in [3.63, 3.8) is 0 Å². The average Bonchev–Trinajstić information content (AvgIpc) is 2.88. The molecule has 4 heteroatoms. The van der Waals surface area contributed by atoms with Crippen molar-refractivity contribution in [2.75, 3.05) is 19.8 Å². The first-order valence-corrected chi connectivity index (χ1v) is 5.97. The van der Waals surface area contributed by atoms with Gasteiger partial charge in [0.1, 0.15) is 0 Å². The van der Waals surface area contributed by atoms with Crippen LogP contribution < -0.4 is 5.73 Å². The van der Waals surface area contributed by atoms with E-state index < -0.39 is 0 Å². The highest BCUT2D eigenvalue weighted by atomic mass is 16.5. The maximum absolute atomic E-state index is 5.87. The van der Waals surface area contributed by atoms with Gasteiger partial charge in [0.25, 0.3) is 0 Å². The monoisotopic (exact) mass is 223 g/mol. The summed E-state index contributed by atoms with van der Waals surface area (Å²) in [5, 5.41) is 4.57. The number of ether oxygens (including phenoxy) is 1. The zero-order chi connectivity index (χ0) is 11.6. The van der Waals surface area contributed by atoms with Gasteiger partial charge in [-0.25, -0.2) is 0 Å². The van der Waals surface area contributed by atoms with Crippen molar-refractivity contribution < 1.29 is 4.74 Å². The van der Waals surface area contributed by atoms with Crippen LogP contribution >= 0.6 is 0 Å². The molecule has 1 aliphatic heterocycles. The van der Waals surface area contributed by atoms with Gasteiger partial charge in [-0.05, 0) is 26.3 Å². The van der Waals surface area contributed by atoms with Crippen LogP contribution in [0.1, 0.15) is 32.0 Å². The number of nitrogens with zero attached hydrogens (tertiary/aromatic N) is 2. The van der Waals surface area contributed by atoms with Gasteiger partial charge in [-0.2, -0.15) is 5.10 Å². The highest BCUT2D eigenvalue weighted by Gasteiger charge is 2.34. The van der Waals surface area contributed by atoms with Gasteiger partial charge in [0, 0.05) is 37.2 Å². The SMILES string of the molecule is CC(C)n1ccc(CC2(CN)CCOC2)n1. The van der Waals surface area contributed by atoms with E-state index in [2.05, 4.69) is 25.0 Å². The maximum atomic E-state index is 5.87. The highest BCUT2D eigenvalue weighted by molar-refractivity contribution is 5.05. The van der Waals surface area contributed by atoms with E-state index in [-0.39, 0.29) is 5.41 Å². The largest absolute Gasteiger partial charge is 0.381 e. The van der Waals surface area contributed by atoms with Gasteiger partial charge in [0.05, 0.1) is 12.3 Å². The van der Waals surface area contributed by atoms with Crippen LogP contribution in [0.2, 0.25) is 0 Å². The predicted molar refractivity (Wildman–Crippen MR) is 63.2 cm³/mol. The number of rotatable bonds is 4. The third-order valence-corrected chi connectivity index (χ3v) is 3.37. The van der Waals surface area contributed by atoms with Crippen molar-refractivity contribution in [3.05, 3.63) is 18.0 Å². The van der Waals surface area contributed by atoms with Crippen LogP contribution in [-0.2, 0) is 11.2 Å². The van der Waals surface area contributed by atoms with Crippen LogP contribution in [0.4, 0.5) is 0 Å². The Labute approximate surface area is 96.8 Å². The van der Waals surface area contributed by atoms with E-state index in [1.54, 1.807) is 0 Å². The molecule has 4 nitrogen and oxygen atoms in total. The smallest absolute Gasteiger partial charge is 0.0631 e. The third-order valence-electron chi connectivity index (χ3n) is 3.37. The van der Waals surface area contributed by atoms with Gasteiger partial charge in [-0.1, -0.05) is 0 Å². The van der Waals surface area contributed by atoms with Gasteiger partial charge in [-0.3, -0.25) is 4.68 Å². The van der Waals surface area contributed by atoms with E-state index in [1.165, 1.54) is 0 Å². The molecule has 0 spiro atoms. The van der Waals surface area contributed by atoms with E-state index in [1.807, 2.05) is 10.9 Å². The molecule has 2 rings (SSSR count). The first kappa shape index (κ1) is 11.6. The standard InChI is InChI=1S/C12H21N3O/c1-10(2)15-5-3-11(14-15)7-12(8-13)4-6-16-9-12/h3,5,10H,4,6-9,13H2,1-2H3. The minimum absolute atomic E-state index is 0.121. The summed E-state index contributed by atoms with van der Waals surface area (Å²) in [6.45, 7) is 6.56. The van der Waals surface area contributed by atoms with E-state index >= 15 is 0 Å². The first-order valence-electron chi connectivity index (χ1n) is 5.97. The zero-order valence-electron chi connectivity index (χ0n) is 10.1. The fourth-order valence-corrected chi connectivity index (χ4v) is 2.17. The van der Waals surface area contributed by atoms with E-state index in [4.69, 9.17) is 10.5 Å². The van der Waals surface area contributed by atoms with Crippen LogP contribution in [0.5, 0.6) is 0 Å². The molecule has 1 unspecified atom stereocenters. The fourth-order valence-electron chi connectivity index (χ4n) is 2.17. The quantitative estimate of drug-likeness (QED) is 0.838. The Bertz CT molecular complexity index is 340. The lowest BCUT2D eigenvalue weighted by molar-refractivity contribution is 0.154. The van der Waals surface area contributed by atoms with Crippen LogP contribution in [0.25, 0.3) is 0 Å². The fraction of sp³-hybridized carbons (Fsp3) is 0.750. The Balaban J connectivity index is 2.07. The van der Waals surface area contributed by atoms with Crippen LogP contribution in [-0.4, -0.2) is 29.5 Å². The second kappa shape index (κ2) is 4.55. The van der Waals surface area contributed by atoms with Crippen molar-refractivity contribution in [1.29, 1.82) is 0 Å². The molecule has 1 saturated heterocycles. The van der Waals surface area contributed by atoms with Crippen molar-refractivity contribution in [3.8, 4) is 0 Å². The molecule has 0 radical (unpaired) electrons. The van der Waals surface area contributed by atoms with E-state index in [9.17, 15) is 0 Å². The molecule has 2 heterocycles. The molecule has 0 saturated carbocycles. The number of hydrogen-bond donors (Lipinski definition) is 1. The molecular formula is C12H21N3O. The summed E-state index contributed by atoms with van der Waals surface area (Å²) in [7, 11) is 0. The molecule has 1 fully saturated rings. The van der Waals surface area contributed by atoms with Gasteiger partial charge in [-0.15, -0.1) is 0 Å². The Morgan fingerprint density at radius 3 is 2.94 bits per heavy atom. The molecule has 90 valence electrons. The summed E-state index contributed by atoms with van der Waals surface area (Å²) in [4.78, 5) is 0. The topological polar surface area (TPSA) is 53.1 Å². The van der Waals surface area contributed by atoms with Gasteiger partial charge in [0.2, 0.25) is 0 Å². The van der Waals surface area contributed by atoms with Gasteiger partial charge in [0.15, 0.2) is 0 Å². The van der Waals surface area contributed by atoms with E-state index in [0.29, 0.717) is 12.6 Å². The summed E-state index contributed by atoms with van der Waals surface area (Å²) < 4.78 is 7.46. The lowest BCUT2D eigenvalue weighted by atomic mass is 9.83. The van der Waals surface area contributed by atoms with Crippen LogP contribution in [0.3, 0.4) is 0 Å². The first-order chi connectivity index (χ1) is 7.65. The molecule has 0 bridgehead atoms. The molecule has 0 aromatic carbocycles. The maximum Gasteiger partial charge on any atom is 0.0631 e. The molecule has 1 aromatic rings. The second-order valence-electron chi connectivity index (χ2n) is 5.06. The van der Waals surface area contributed by atoms with Crippen molar-refractivity contribution >= 4 is 0 Å². The van der Waals surface area contributed by atoms with Gasteiger partial charge < -0.3 is 10.5 Å². The molecule has 2 N–H and O–H groups in total. The van der Waals surface area contributed by atoms with Crippen LogP contribution in [0.15, 0.2) is 12.3 Å². The van der Waals surface area contributed by atoms with Crippen molar-refractivity contribution in [2.45, 2.75) is 32.7 Å². The predicted octanol–water partition coefficient (Wildman–Crippen LogP) is 1.37. The number of hydrogen-bond acceptors (Lipinski definition) is 3. The summed E-state index contributed by atoms with van der Waals surface area (Å²) >= 11 is 0. The Morgan fingerprint density at radius 1 is 1.62 bits per heavy atom. The second-order valence-corrected chi connectivity index (χ2v) is 5.06. The molecular weight excluding hydrogens is 202 g/mol. The number of aromatic nitrogens is 2. The zero-order valence-corrected chi connectivity index (χ0v) is 10.1. The number of nitrogens with two attached hydrogens (primary N) is 1. The van der Waals surface area contributed by atoms with E-state index in [0.717, 1.165) is 31.7 Å². The molecule has 0 amide bonds. The Kier molecular flexibility index (Phi) is 3.30. The highest BCUT2D eigenvalue weighted by Crippen LogP contribution is 2.31. The normalized spacial score (nSPS) is 25.5. The molecule has 1 atom stereocenters. The van der Waals surface area contributed by atoms with Crippen molar-refractivity contribution in [1.82, 2.24) is 9.78 Å². The van der Waals surface area contributed by atoms with Crippen LogP contribution in [0, 0.1) is 5.41 Å². The molecule has 16 heavy (non-hydrogen) atoms. The minimum Gasteiger partial charge on any atom is -0.381 e. The molecule has 1 aliphatic rings. The average molecular weight is 223 g/mol. The summed E-state index contributed by atoms with van der Waals surface area (Å²) in [6.07, 6.45) is 4.03. The van der Waals surface area contributed by atoms with Gasteiger partial charge >= 0.3 is 0 Å². The minimum atomic E-state index is 0.121. The molecule has 1 aromatic heterocycles. The lowest BCUT2D eigenvalue weighted by Crippen LogP contribution is -2.33. The molecule has 0 aliphatic carbocycles. The summed E-state index contributed by atoms with van der Waals surface area (Å²) in [5.74, 6) is 0. The Morgan fingerprint density at radius 2 is 2.44 bits per heavy atom. The Hall–Kier alpha value is -0.870.